The summed E-state index contributed by atoms with van der Waals surface area (Å²) in [4.78, 5) is 63.2. The second-order valence-corrected chi connectivity index (χ2v) is 9.75. The second-order valence-electron chi connectivity index (χ2n) is 9.75. The molecule has 1 aliphatic heterocycles. The molecule has 10 nitrogen and oxygen atoms in total. The highest BCUT2D eigenvalue weighted by atomic mass is 16.4. The highest BCUT2D eigenvalue weighted by Gasteiger charge is 2.34. The predicted octanol–water partition coefficient (Wildman–Crippen LogP) is 1.31. The van der Waals surface area contributed by atoms with Gasteiger partial charge in [0.05, 0.1) is 5.92 Å². The van der Waals surface area contributed by atoms with Crippen LogP contribution in [0.4, 0.5) is 0 Å². The molecule has 4 amide bonds. The number of rotatable bonds is 8. The minimum absolute atomic E-state index is 0.0297. The normalized spacial score (nSPS) is 25.8. The summed E-state index contributed by atoms with van der Waals surface area (Å²) in [5.41, 5.74) is 0.833. The Hall–Kier alpha value is -3.69. The molecule has 1 aromatic rings. The van der Waals surface area contributed by atoms with Crippen molar-refractivity contribution in [3.05, 3.63) is 48.0 Å². The average Bonchev–Trinajstić information content (AvgIpc) is 2.84. The maximum Gasteiger partial charge on any atom is 0.303 e. The van der Waals surface area contributed by atoms with Gasteiger partial charge in [-0.1, -0.05) is 63.3 Å². The Morgan fingerprint density at radius 1 is 0.892 bits per heavy atom. The van der Waals surface area contributed by atoms with E-state index in [1.165, 1.54) is 6.92 Å². The number of carbonyl (C=O) groups is 5. The molecule has 10 heteroatoms. The highest BCUT2D eigenvalue weighted by Crippen LogP contribution is 2.14. The predicted molar refractivity (Wildman–Crippen MR) is 138 cm³/mol. The van der Waals surface area contributed by atoms with Crippen molar-refractivity contribution in [1.82, 2.24) is 21.3 Å². The number of carboxylic acids is 1. The van der Waals surface area contributed by atoms with Crippen molar-refractivity contribution in [2.24, 2.45) is 11.8 Å². The first-order valence-corrected chi connectivity index (χ1v) is 12.6. The first-order chi connectivity index (χ1) is 17.5. The molecule has 0 radical (unpaired) electrons. The molecular formula is C27H38N4O6. The molecule has 37 heavy (non-hydrogen) atoms. The van der Waals surface area contributed by atoms with Crippen LogP contribution >= 0.6 is 0 Å². The van der Waals surface area contributed by atoms with Crippen LogP contribution in [0.25, 0.3) is 0 Å². The van der Waals surface area contributed by atoms with Gasteiger partial charge in [-0.25, -0.2) is 0 Å². The van der Waals surface area contributed by atoms with E-state index in [0.29, 0.717) is 6.42 Å². The molecule has 1 aromatic carbocycles. The van der Waals surface area contributed by atoms with Crippen molar-refractivity contribution >= 4 is 29.6 Å². The van der Waals surface area contributed by atoms with E-state index in [1.54, 1.807) is 32.9 Å². The van der Waals surface area contributed by atoms with Crippen LogP contribution in [0, 0.1) is 11.8 Å². The maximum absolute atomic E-state index is 13.4. The fourth-order valence-electron chi connectivity index (χ4n) is 3.97. The molecule has 1 fully saturated rings. The molecule has 0 aromatic heterocycles. The third-order valence-electron chi connectivity index (χ3n) is 6.34. The number of amides is 4. The van der Waals surface area contributed by atoms with Gasteiger partial charge in [-0.15, -0.1) is 0 Å². The lowest BCUT2D eigenvalue weighted by Crippen LogP contribution is -2.56. The summed E-state index contributed by atoms with van der Waals surface area (Å²) in [6.07, 6.45) is 4.20. The maximum atomic E-state index is 13.4. The van der Waals surface area contributed by atoms with Crippen molar-refractivity contribution in [3.63, 3.8) is 0 Å². The van der Waals surface area contributed by atoms with Crippen molar-refractivity contribution in [3.8, 4) is 0 Å². The van der Waals surface area contributed by atoms with Gasteiger partial charge in [-0.2, -0.15) is 0 Å². The van der Waals surface area contributed by atoms with Crippen LogP contribution in [-0.4, -0.2) is 58.9 Å². The van der Waals surface area contributed by atoms with Gasteiger partial charge in [-0.05, 0) is 31.2 Å². The summed E-state index contributed by atoms with van der Waals surface area (Å²) in [6.45, 7) is 6.77. The minimum atomic E-state index is -0.940. The number of carboxylic acid groups (broad SMARTS) is 1. The third-order valence-corrected chi connectivity index (χ3v) is 6.34. The van der Waals surface area contributed by atoms with E-state index in [9.17, 15) is 24.0 Å². The van der Waals surface area contributed by atoms with Gasteiger partial charge >= 0.3 is 5.97 Å². The summed E-state index contributed by atoms with van der Waals surface area (Å²) in [6, 6.07) is 5.82. The Morgan fingerprint density at radius 2 is 1.57 bits per heavy atom. The van der Waals surface area contributed by atoms with E-state index < -0.39 is 59.7 Å². The zero-order chi connectivity index (χ0) is 27.5. The average molecular weight is 515 g/mol. The second kappa shape index (κ2) is 14.2. The van der Waals surface area contributed by atoms with E-state index in [4.69, 9.17) is 5.11 Å². The fourth-order valence-corrected chi connectivity index (χ4v) is 3.97. The Kier molecular flexibility index (Phi) is 11.3. The number of hydrogen-bond donors (Lipinski definition) is 5. The van der Waals surface area contributed by atoms with Gasteiger partial charge in [0.25, 0.3) is 0 Å². The number of aliphatic carboxylic acids is 1. The Morgan fingerprint density at radius 3 is 2.19 bits per heavy atom. The zero-order valence-corrected chi connectivity index (χ0v) is 21.8. The van der Waals surface area contributed by atoms with Gasteiger partial charge in [0.2, 0.25) is 23.6 Å². The smallest absolute Gasteiger partial charge is 0.303 e. The quantitative estimate of drug-likeness (QED) is 0.330. The molecule has 5 atom stereocenters. The number of nitrogens with one attached hydrogen (secondary N) is 4. The first kappa shape index (κ1) is 29.5. The van der Waals surface area contributed by atoms with E-state index in [2.05, 4.69) is 21.3 Å². The molecule has 0 bridgehead atoms. The van der Waals surface area contributed by atoms with Crippen molar-refractivity contribution in [2.75, 3.05) is 0 Å². The lowest BCUT2D eigenvalue weighted by molar-refractivity contribution is -0.137. The van der Waals surface area contributed by atoms with Crippen LogP contribution in [0.1, 0.15) is 52.5 Å². The molecule has 1 heterocycles. The van der Waals surface area contributed by atoms with Crippen LogP contribution < -0.4 is 21.3 Å². The lowest BCUT2D eigenvalue weighted by atomic mass is 9.94. The molecule has 2 rings (SSSR count). The first-order valence-electron chi connectivity index (χ1n) is 12.6. The largest absolute Gasteiger partial charge is 0.481 e. The van der Waals surface area contributed by atoms with Crippen molar-refractivity contribution in [2.45, 2.75) is 77.5 Å². The van der Waals surface area contributed by atoms with Crippen molar-refractivity contribution < 1.29 is 29.1 Å². The summed E-state index contributed by atoms with van der Waals surface area (Å²) in [7, 11) is 0. The topological polar surface area (TPSA) is 154 Å². The number of allylic oxidation sites excluding steroid dienone is 1. The minimum Gasteiger partial charge on any atom is -0.481 e. The molecule has 5 N–H and O–H groups in total. The molecule has 0 spiro atoms. The van der Waals surface area contributed by atoms with Crippen LogP contribution in [-0.2, 0) is 30.4 Å². The fraction of sp³-hybridized carbons (Fsp3) is 0.519. The van der Waals surface area contributed by atoms with E-state index in [0.717, 1.165) is 5.56 Å². The summed E-state index contributed by atoms with van der Waals surface area (Å²) in [5.74, 6) is -3.75. The SMILES string of the molecule is CC(C)C1NC(=O)[C@H](C)[C@@H](C/C=C\CCC(=O)O)NC(=O)[C@@H](Cc2ccccc2)NC(=O)[C@@H](C)NC1=O. The highest BCUT2D eigenvalue weighted by molar-refractivity contribution is 5.95. The van der Waals surface area contributed by atoms with Crippen molar-refractivity contribution in [1.29, 1.82) is 0 Å². The molecule has 202 valence electrons. The monoisotopic (exact) mass is 514 g/mol. The number of benzene rings is 1. The summed E-state index contributed by atoms with van der Waals surface area (Å²) < 4.78 is 0. The molecule has 0 saturated carbocycles. The lowest BCUT2D eigenvalue weighted by Gasteiger charge is -2.28. The van der Waals surface area contributed by atoms with Gasteiger partial charge < -0.3 is 26.4 Å². The van der Waals surface area contributed by atoms with E-state index in [-0.39, 0.29) is 25.2 Å². The van der Waals surface area contributed by atoms with Crippen LogP contribution in [0.5, 0.6) is 0 Å². The van der Waals surface area contributed by atoms with E-state index >= 15 is 0 Å². The van der Waals surface area contributed by atoms with Crippen LogP contribution in [0.3, 0.4) is 0 Å². The Balaban J connectivity index is 2.38. The molecule has 1 saturated heterocycles. The summed E-state index contributed by atoms with van der Waals surface area (Å²) in [5, 5.41) is 19.9. The number of hydrogen-bond acceptors (Lipinski definition) is 5. The van der Waals surface area contributed by atoms with Gasteiger partial charge in [0.15, 0.2) is 0 Å². The molecule has 1 aliphatic rings. The molecule has 1 unspecified atom stereocenters. The van der Waals surface area contributed by atoms with Gasteiger partial charge in [0.1, 0.15) is 18.1 Å². The van der Waals surface area contributed by atoms with E-state index in [1.807, 2.05) is 30.3 Å². The molecule has 0 aliphatic carbocycles. The third kappa shape index (κ3) is 9.36. The zero-order valence-electron chi connectivity index (χ0n) is 21.8. The van der Waals surface area contributed by atoms with Gasteiger partial charge in [0, 0.05) is 18.9 Å². The summed E-state index contributed by atoms with van der Waals surface area (Å²) >= 11 is 0. The van der Waals surface area contributed by atoms with Crippen LogP contribution in [0.15, 0.2) is 42.5 Å². The standard InChI is InChI=1S/C27H38N4O6/c1-16(2)23-27(37)28-18(4)25(35)30-21(15-19-11-7-5-8-12-19)26(36)29-20(17(3)24(34)31-23)13-9-6-10-14-22(32)33/h5-9,11-12,16-18,20-21,23H,10,13-15H2,1-4H3,(H,28,37)(H,29,36)(H,30,35)(H,31,34)(H,32,33)/b9-6-/t17-,18-,20-,21-,23?/m1/s1. The number of carbonyl (C=O) groups excluding carboxylic acids is 4. The Labute approximate surface area is 217 Å². The van der Waals surface area contributed by atoms with Crippen LogP contribution in [0.2, 0.25) is 0 Å². The van der Waals surface area contributed by atoms with Gasteiger partial charge in [-0.3, -0.25) is 24.0 Å². The molecular weight excluding hydrogens is 476 g/mol. The Bertz CT molecular complexity index is 994.